The molecule has 4 nitrogen and oxygen atoms in total. The summed E-state index contributed by atoms with van der Waals surface area (Å²) in [5.74, 6) is 0.716. The summed E-state index contributed by atoms with van der Waals surface area (Å²) < 4.78 is 5.41. The lowest BCUT2D eigenvalue weighted by molar-refractivity contribution is 0.572. The molecule has 378 valence electrons. The van der Waals surface area contributed by atoms with Crippen molar-refractivity contribution in [3.05, 3.63) is 161 Å². The van der Waals surface area contributed by atoms with Gasteiger partial charge in [0.2, 0.25) is 0 Å². The van der Waals surface area contributed by atoms with Crippen molar-refractivity contribution in [3.63, 3.8) is 0 Å². The van der Waals surface area contributed by atoms with Crippen molar-refractivity contribution >= 4 is 66.7 Å². The summed E-state index contributed by atoms with van der Waals surface area (Å²) in [6, 6.07) is 48.8. The van der Waals surface area contributed by atoms with E-state index < -0.39 is 0 Å². The zero-order valence-corrected chi connectivity index (χ0v) is 48.0. The summed E-state index contributed by atoms with van der Waals surface area (Å²) in [5.41, 5.74) is 24.3. The Balaban J connectivity index is 1.35. The first kappa shape index (κ1) is 49.2. The molecule has 3 aromatic heterocycles. The summed E-state index contributed by atoms with van der Waals surface area (Å²) in [6.45, 7) is 43.0. The van der Waals surface area contributed by atoms with Crippen LogP contribution in [0.25, 0.3) is 88.9 Å². The van der Waals surface area contributed by atoms with Crippen LogP contribution in [0.1, 0.15) is 158 Å². The van der Waals surface area contributed by atoms with E-state index in [1.54, 1.807) is 0 Å². The predicted octanol–water partition coefficient (Wildman–Crippen LogP) is 16.6. The molecular formula is C70H75BN4. The van der Waals surface area contributed by atoms with Crippen molar-refractivity contribution in [2.24, 2.45) is 0 Å². The van der Waals surface area contributed by atoms with Crippen LogP contribution >= 0.6 is 0 Å². The van der Waals surface area contributed by atoms with Crippen LogP contribution in [0.4, 0.5) is 0 Å². The van der Waals surface area contributed by atoms with Crippen molar-refractivity contribution in [2.45, 2.75) is 157 Å². The van der Waals surface area contributed by atoms with E-state index in [1.807, 2.05) is 0 Å². The monoisotopic (exact) mass is 983 g/mol. The van der Waals surface area contributed by atoms with E-state index in [9.17, 15) is 0 Å². The Kier molecular flexibility index (Phi) is 10.4. The maximum absolute atomic E-state index is 5.58. The van der Waals surface area contributed by atoms with Crippen LogP contribution in [0, 0.1) is 0 Å². The van der Waals surface area contributed by atoms with E-state index in [-0.39, 0.29) is 39.2 Å². The summed E-state index contributed by atoms with van der Waals surface area (Å²) in [7, 11) is 0. The summed E-state index contributed by atoms with van der Waals surface area (Å²) in [4.78, 5) is 10.9. The minimum Gasteiger partial charge on any atom is -0.310 e. The Bertz CT molecular complexity index is 3770. The first-order valence-corrected chi connectivity index (χ1v) is 27.5. The van der Waals surface area contributed by atoms with E-state index in [2.05, 4.69) is 261 Å². The number of benzene rings is 7. The van der Waals surface area contributed by atoms with Gasteiger partial charge in [-0.05, 0) is 125 Å². The molecule has 0 unspecified atom stereocenters. The predicted molar refractivity (Wildman–Crippen MR) is 324 cm³/mol. The van der Waals surface area contributed by atoms with Crippen LogP contribution in [0.2, 0.25) is 0 Å². The Hall–Kier alpha value is -6.72. The van der Waals surface area contributed by atoms with E-state index in [0.717, 1.165) is 28.1 Å². The second kappa shape index (κ2) is 15.9. The van der Waals surface area contributed by atoms with Gasteiger partial charge in [0.05, 0.1) is 22.4 Å². The number of nitrogens with zero attached hydrogens (tertiary/aromatic N) is 4. The SMILES string of the molecule is CC(C)(C)c1cc2c3c(c1)c1c(C(C)(C)C)cc(C(C)(C)C)cc1n3-c1cc(-c3cc(-c4ccccc4)nc(-c4ccccc4)n3)cc3c1B2c1cc(C(C)(C)C)cc2c4c(C(C)(C)C)cc(C(C)(C)C)cc4n-3c12. The third-order valence-corrected chi connectivity index (χ3v) is 16.7. The highest BCUT2D eigenvalue weighted by molar-refractivity contribution is 7.00. The maximum atomic E-state index is 5.58. The smallest absolute Gasteiger partial charge is 0.252 e. The second-order valence-corrected chi connectivity index (χ2v) is 28.5. The van der Waals surface area contributed by atoms with Crippen LogP contribution in [-0.4, -0.2) is 25.8 Å². The third kappa shape index (κ3) is 7.68. The van der Waals surface area contributed by atoms with Crippen LogP contribution in [0.15, 0.2) is 127 Å². The van der Waals surface area contributed by atoms with E-state index in [1.165, 1.54) is 105 Å². The van der Waals surface area contributed by atoms with Gasteiger partial charge in [0.1, 0.15) is 0 Å². The van der Waals surface area contributed by atoms with Crippen LogP contribution in [0.5, 0.6) is 0 Å². The number of aromatic nitrogens is 4. The molecule has 0 fully saturated rings. The van der Waals surface area contributed by atoms with Crippen LogP contribution < -0.4 is 16.4 Å². The molecule has 5 heteroatoms. The van der Waals surface area contributed by atoms with Crippen molar-refractivity contribution in [1.29, 1.82) is 0 Å². The van der Waals surface area contributed by atoms with Gasteiger partial charge in [-0.3, -0.25) is 0 Å². The molecule has 10 aromatic rings. The highest BCUT2D eigenvalue weighted by Gasteiger charge is 2.44. The molecule has 0 bridgehead atoms. The van der Waals surface area contributed by atoms with E-state index >= 15 is 0 Å². The molecule has 2 aliphatic rings. The molecule has 5 heterocycles. The maximum Gasteiger partial charge on any atom is 0.252 e. The van der Waals surface area contributed by atoms with Gasteiger partial charge in [0.15, 0.2) is 5.82 Å². The molecule has 0 saturated heterocycles. The van der Waals surface area contributed by atoms with E-state index in [0.29, 0.717) is 5.82 Å². The van der Waals surface area contributed by atoms with Gasteiger partial charge in [0, 0.05) is 60.6 Å². The van der Waals surface area contributed by atoms with Gasteiger partial charge in [-0.2, -0.15) is 0 Å². The topological polar surface area (TPSA) is 35.6 Å². The fraction of sp³-hybridized carbons (Fsp3) is 0.343. The van der Waals surface area contributed by atoms with Crippen molar-refractivity contribution in [2.75, 3.05) is 0 Å². The van der Waals surface area contributed by atoms with Gasteiger partial charge >= 0.3 is 0 Å². The average Bonchev–Trinajstić information content (AvgIpc) is 3.85. The highest BCUT2D eigenvalue weighted by atomic mass is 15.0. The average molecular weight is 983 g/mol. The first-order valence-electron chi connectivity index (χ1n) is 27.5. The normalized spacial score (nSPS) is 14.0. The molecule has 0 spiro atoms. The number of fused-ring (bicyclic) bond motifs is 10. The van der Waals surface area contributed by atoms with Gasteiger partial charge in [-0.15, -0.1) is 0 Å². The molecule has 0 amide bonds. The number of rotatable bonds is 3. The molecule has 0 radical (unpaired) electrons. The van der Waals surface area contributed by atoms with Crippen molar-refractivity contribution in [1.82, 2.24) is 19.1 Å². The lowest BCUT2D eigenvalue weighted by atomic mass is 9.34. The molecule has 0 aliphatic carbocycles. The Labute approximate surface area is 446 Å². The lowest BCUT2D eigenvalue weighted by Crippen LogP contribution is -2.59. The quantitative estimate of drug-likeness (QED) is 0.165. The molecule has 0 saturated carbocycles. The van der Waals surface area contributed by atoms with Gasteiger partial charge in [-0.1, -0.05) is 210 Å². The van der Waals surface area contributed by atoms with Crippen molar-refractivity contribution < 1.29 is 0 Å². The number of hydrogen-bond acceptors (Lipinski definition) is 2. The van der Waals surface area contributed by atoms with Gasteiger partial charge < -0.3 is 9.13 Å². The van der Waals surface area contributed by atoms with E-state index in [4.69, 9.17) is 9.97 Å². The minimum atomic E-state index is -0.129. The van der Waals surface area contributed by atoms with Gasteiger partial charge in [-0.25, -0.2) is 9.97 Å². The Morgan fingerprint density at radius 3 is 1.12 bits per heavy atom. The number of hydrogen-bond donors (Lipinski definition) is 0. The second-order valence-electron chi connectivity index (χ2n) is 28.5. The zero-order chi connectivity index (χ0) is 53.4. The minimum absolute atomic E-state index is 0.0437. The summed E-state index contributed by atoms with van der Waals surface area (Å²) in [5, 5.41) is 5.40. The standard InChI is InChI=1S/C70H75BN4/c1-65(2,3)43-31-47-59-49(69(13,14)15)33-45(67(7,8)9)37-55(59)74-57-29-42(54-39-53(40-25-21-19-22-26-40)72-64(73-54)41-27-23-20-24-28-41)30-58-61(57)71(51(35-43)62(47)74)52-36-44(66(4,5)6)32-48-60-50(70(16,17)18)34-46(68(10,11)12)38-56(60)75(58)63(48)52/h19-39H,1-18H3. The highest BCUT2D eigenvalue weighted by Crippen LogP contribution is 2.48. The molecular weight excluding hydrogens is 908 g/mol. The summed E-state index contributed by atoms with van der Waals surface area (Å²) >= 11 is 0. The summed E-state index contributed by atoms with van der Waals surface area (Å²) in [6.07, 6.45) is 0. The molecule has 75 heavy (non-hydrogen) atoms. The Morgan fingerprint density at radius 2 is 0.733 bits per heavy atom. The molecule has 7 aromatic carbocycles. The van der Waals surface area contributed by atoms with Crippen LogP contribution in [-0.2, 0) is 32.5 Å². The Morgan fingerprint density at radius 1 is 0.360 bits per heavy atom. The fourth-order valence-corrected chi connectivity index (χ4v) is 12.4. The third-order valence-electron chi connectivity index (χ3n) is 16.7. The molecule has 0 N–H and O–H groups in total. The molecule has 0 atom stereocenters. The zero-order valence-electron chi connectivity index (χ0n) is 48.0. The van der Waals surface area contributed by atoms with Crippen molar-refractivity contribution in [3.8, 4) is 45.3 Å². The lowest BCUT2D eigenvalue weighted by Gasteiger charge is -2.36. The van der Waals surface area contributed by atoms with Gasteiger partial charge in [0.25, 0.3) is 6.71 Å². The van der Waals surface area contributed by atoms with Crippen LogP contribution in [0.3, 0.4) is 0 Å². The fourth-order valence-electron chi connectivity index (χ4n) is 12.4. The largest absolute Gasteiger partial charge is 0.310 e. The molecule has 12 rings (SSSR count). The first-order chi connectivity index (χ1) is 35.0. The molecule has 2 aliphatic heterocycles.